The van der Waals surface area contributed by atoms with E-state index in [1.54, 1.807) is 6.08 Å². The third kappa shape index (κ3) is 18.0. The van der Waals surface area contributed by atoms with E-state index in [0.29, 0.717) is 6.29 Å². The Morgan fingerprint density at radius 1 is 0.759 bits per heavy atom. The summed E-state index contributed by atoms with van der Waals surface area (Å²) in [7, 11) is 0. The summed E-state index contributed by atoms with van der Waals surface area (Å²) in [5.74, 6) is -0.107. The smallest absolute Gasteiger partial charge is 0.178 e. The number of thioether (sulfide) groups is 2. The number of aldehydes is 1. The number of hydrogen-bond donors (Lipinski definition) is 0. The van der Waals surface area contributed by atoms with Crippen molar-refractivity contribution >= 4 is 35.6 Å². The zero-order valence-corrected chi connectivity index (χ0v) is 20.7. The van der Waals surface area contributed by atoms with Crippen LogP contribution in [0.5, 0.6) is 0 Å². The van der Waals surface area contributed by atoms with Gasteiger partial charge in [-0.25, -0.2) is 0 Å². The Morgan fingerprint density at radius 3 is 1.79 bits per heavy atom. The lowest BCUT2D eigenvalue weighted by molar-refractivity contribution is -0.111. The predicted octanol–water partition coefficient (Wildman–Crippen LogP) is 7.81. The zero-order chi connectivity index (χ0) is 21.6. The quantitative estimate of drug-likeness (QED) is 0.103. The number of allylic oxidation sites excluding steroid dienone is 4. The van der Waals surface area contributed by atoms with Crippen LogP contribution in [0.4, 0.5) is 0 Å². The van der Waals surface area contributed by atoms with Crippen LogP contribution in [0.1, 0.15) is 96.8 Å². The van der Waals surface area contributed by atoms with Gasteiger partial charge in [0.05, 0.1) is 0 Å². The van der Waals surface area contributed by atoms with Gasteiger partial charge >= 0.3 is 0 Å². The van der Waals surface area contributed by atoms with Gasteiger partial charge in [0.25, 0.3) is 0 Å². The van der Waals surface area contributed by atoms with Crippen molar-refractivity contribution in [2.75, 3.05) is 12.5 Å². The first kappa shape index (κ1) is 28.5. The first-order valence-corrected chi connectivity index (χ1v) is 14.1. The second-order valence-corrected chi connectivity index (χ2v) is 9.90. The van der Waals surface area contributed by atoms with E-state index in [4.69, 9.17) is 0 Å². The molecule has 0 spiro atoms. The highest BCUT2D eigenvalue weighted by Gasteiger charge is 2.18. The van der Waals surface area contributed by atoms with Crippen LogP contribution >= 0.6 is 23.5 Å². The third-order valence-electron chi connectivity index (χ3n) is 5.34. The summed E-state index contributed by atoms with van der Waals surface area (Å²) in [6, 6.07) is 0. The van der Waals surface area contributed by atoms with E-state index < -0.39 is 0 Å². The zero-order valence-electron chi connectivity index (χ0n) is 19.1. The van der Waals surface area contributed by atoms with Crippen molar-refractivity contribution in [3.05, 3.63) is 24.3 Å². The summed E-state index contributed by atoms with van der Waals surface area (Å²) in [5, 5.41) is 1.61. The molecule has 0 aromatic rings. The summed E-state index contributed by atoms with van der Waals surface area (Å²) < 4.78 is 0. The molecule has 0 aliphatic heterocycles. The van der Waals surface area contributed by atoms with Gasteiger partial charge in [0, 0.05) is 10.5 Å². The van der Waals surface area contributed by atoms with E-state index in [9.17, 15) is 9.59 Å². The maximum absolute atomic E-state index is 11.3. The fourth-order valence-corrected chi connectivity index (χ4v) is 5.91. The molecule has 2 nitrogen and oxygen atoms in total. The fourth-order valence-electron chi connectivity index (χ4n) is 3.56. The van der Waals surface area contributed by atoms with Crippen molar-refractivity contribution < 1.29 is 9.59 Å². The molecule has 0 bridgehead atoms. The lowest BCUT2D eigenvalue weighted by Crippen LogP contribution is -2.19. The number of ketones is 1. The van der Waals surface area contributed by atoms with Gasteiger partial charge < -0.3 is 0 Å². The molecule has 0 saturated heterocycles. The molecule has 0 aromatic carbocycles. The molecular weight excluding hydrogens is 396 g/mol. The molecule has 0 aliphatic carbocycles. The van der Waals surface area contributed by atoms with Crippen molar-refractivity contribution in [3.8, 4) is 0 Å². The SMILES string of the molecule is CCCCCCCCC(SC)C(CCCCCCC/C=C/C(=O)/C=C/C=O)SC. The third-order valence-corrected chi connectivity index (χ3v) is 7.85. The molecular formula is C25H44O2S2. The topological polar surface area (TPSA) is 34.1 Å². The van der Waals surface area contributed by atoms with Gasteiger partial charge in [0.2, 0.25) is 0 Å². The predicted molar refractivity (Wildman–Crippen MR) is 134 cm³/mol. The number of carbonyl (C=O) groups is 2. The molecule has 0 aliphatic rings. The Hall–Kier alpha value is -0.480. The average Bonchev–Trinajstić information content (AvgIpc) is 2.74. The van der Waals surface area contributed by atoms with Crippen molar-refractivity contribution in [2.45, 2.75) is 107 Å². The largest absolute Gasteiger partial charge is 0.299 e. The van der Waals surface area contributed by atoms with Crippen LogP contribution < -0.4 is 0 Å². The number of carbonyl (C=O) groups excluding carboxylic acids is 2. The maximum Gasteiger partial charge on any atom is 0.178 e. The van der Waals surface area contributed by atoms with Crippen molar-refractivity contribution in [2.24, 2.45) is 0 Å². The lowest BCUT2D eigenvalue weighted by Gasteiger charge is -2.24. The van der Waals surface area contributed by atoms with Crippen LogP contribution in [0.25, 0.3) is 0 Å². The number of unbranched alkanes of at least 4 members (excludes halogenated alkanes) is 10. The maximum atomic E-state index is 11.3. The summed E-state index contributed by atoms with van der Waals surface area (Å²) in [6.45, 7) is 2.28. The van der Waals surface area contributed by atoms with Gasteiger partial charge in [-0.05, 0) is 56.4 Å². The van der Waals surface area contributed by atoms with Gasteiger partial charge in [0.1, 0.15) is 6.29 Å². The first-order chi connectivity index (χ1) is 14.2. The van der Waals surface area contributed by atoms with E-state index >= 15 is 0 Å². The molecule has 0 aromatic heterocycles. The van der Waals surface area contributed by atoms with Crippen molar-refractivity contribution in [1.82, 2.24) is 0 Å². The number of rotatable bonds is 21. The van der Waals surface area contributed by atoms with Gasteiger partial charge in [-0.1, -0.05) is 77.2 Å². The molecule has 2 atom stereocenters. The summed E-state index contributed by atoms with van der Waals surface area (Å²) in [6.07, 6.45) is 29.6. The highest BCUT2D eigenvalue weighted by atomic mass is 32.2. The Balaban J connectivity index is 3.79. The molecule has 0 amide bonds. The van der Waals surface area contributed by atoms with Crippen LogP contribution in [0, 0.1) is 0 Å². The molecule has 168 valence electrons. The second-order valence-electron chi connectivity index (χ2n) is 7.75. The molecule has 0 radical (unpaired) electrons. The summed E-state index contributed by atoms with van der Waals surface area (Å²) in [5.41, 5.74) is 0. The normalized spacial score (nSPS) is 13.9. The Morgan fingerprint density at radius 2 is 1.28 bits per heavy atom. The summed E-state index contributed by atoms with van der Waals surface area (Å²) in [4.78, 5) is 21.5. The molecule has 0 N–H and O–H groups in total. The van der Waals surface area contributed by atoms with Gasteiger partial charge in [-0.3, -0.25) is 9.59 Å². The molecule has 0 heterocycles. The highest BCUT2D eigenvalue weighted by Crippen LogP contribution is 2.30. The Kier molecular flexibility index (Phi) is 21.8. The van der Waals surface area contributed by atoms with Gasteiger partial charge in [0.15, 0.2) is 5.78 Å². The van der Waals surface area contributed by atoms with Crippen molar-refractivity contribution in [3.63, 3.8) is 0 Å². The fraction of sp³-hybridized carbons (Fsp3) is 0.760. The molecule has 29 heavy (non-hydrogen) atoms. The van der Waals surface area contributed by atoms with E-state index in [0.717, 1.165) is 23.3 Å². The van der Waals surface area contributed by atoms with E-state index in [1.807, 2.05) is 6.08 Å². The second kappa shape index (κ2) is 22.2. The number of hydrogen-bond acceptors (Lipinski definition) is 4. The lowest BCUT2D eigenvalue weighted by atomic mass is 10.0. The van der Waals surface area contributed by atoms with Gasteiger partial charge in [-0.2, -0.15) is 23.5 Å². The van der Waals surface area contributed by atoms with E-state index in [-0.39, 0.29) is 5.78 Å². The van der Waals surface area contributed by atoms with Crippen LogP contribution in [-0.2, 0) is 9.59 Å². The average molecular weight is 441 g/mol. The van der Waals surface area contributed by atoms with Crippen LogP contribution in [0.15, 0.2) is 24.3 Å². The highest BCUT2D eigenvalue weighted by molar-refractivity contribution is 8.03. The minimum atomic E-state index is -0.107. The standard InChI is InChI=1S/C25H44O2S2/c1-4-5-6-7-12-15-20-24(28-2)25(29-3)21-16-13-10-8-9-11-14-18-23(27)19-17-22-26/h14,17-19,22,24-25H,4-13,15-16,20-21H2,1-3H3/b18-14+,19-17+. The van der Waals surface area contributed by atoms with Crippen LogP contribution in [0.3, 0.4) is 0 Å². The van der Waals surface area contributed by atoms with Crippen LogP contribution in [-0.4, -0.2) is 35.1 Å². The first-order valence-electron chi connectivity index (χ1n) is 11.6. The van der Waals surface area contributed by atoms with E-state index in [1.165, 1.54) is 89.2 Å². The van der Waals surface area contributed by atoms with E-state index in [2.05, 4.69) is 43.0 Å². The molecule has 0 fully saturated rings. The monoisotopic (exact) mass is 440 g/mol. The molecule has 0 rings (SSSR count). The van der Waals surface area contributed by atoms with Crippen LogP contribution in [0.2, 0.25) is 0 Å². The molecule has 2 unspecified atom stereocenters. The van der Waals surface area contributed by atoms with Gasteiger partial charge in [-0.15, -0.1) is 0 Å². The Labute approximate surface area is 189 Å². The minimum absolute atomic E-state index is 0.107. The minimum Gasteiger partial charge on any atom is -0.299 e. The molecule has 0 saturated carbocycles. The van der Waals surface area contributed by atoms with Crippen molar-refractivity contribution in [1.29, 1.82) is 0 Å². The molecule has 4 heteroatoms. The summed E-state index contributed by atoms with van der Waals surface area (Å²) >= 11 is 4.14. The Bertz CT molecular complexity index is 446.